The molecule has 3 nitrogen and oxygen atoms in total. The van der Waals surface area contributed by atoms with Crippen LogP contribution in [0.25, 0.3) is 0 Å². The summed E-state index contributed by atoms with van der Waals surface area (Å²) in [7, 11) is 0. The first-order valence-corrected chi connectivity index (χ1v) is 4.45. The van der Waals surface area contributed by atoms with Crippen LogP contribution >= 0.6 is 23.0 Å². The normalized spacial score (nSPS) is 11.4. The molecular formula is C6H9F3INO2. The van der Waals surface area contributed by atoms with Gasteiger partial charge in [0.05, 0.1) is 6.61 Å². The molecule has 0 aromatic heterocycles. The second-order valence-electron chi connectivity index (χ2n) is 2.27. The molecule has 0 atom stereocenters. The van der Waals surface area contributed by atoms with Gasteiger partial charge in [-0.3, -0.25) is 4.79 Å². The third-order valence-electron chi connectivity index (χ3n) is 1.19. The number of halogens is 4. The fourth-order valence-electron chi connectivity index (χ4n) is 0.584. The number of hydrogen-bond donors (Lipinski definition) is 1. The van der Waals surface area contributed by atoms with Gasteiger partial charge in [-0.1, -0.05) is 0 Å². The third-order valence-corrected chi connectivity index (χ3v) is 1.63. The van der Waals surface area contributed by atoms with Crippen molar-refractivity contribution in [3.63, 3.8) is 0 Å². The van der Waals surface area contributed by atoms with E-state index in [9.17, 15) is 18.0 Å². The highest BCUT2D eigenvalue weighted by Gasteiger charge is 2.37. The van der Waals surface area contributed by atoms with E-state index in [4.69, 9.17) is 0 Å². The Morgan fingerprint density at radius 2 is 2.00 bits per heavy atom. The van der Waals surface area contributed by atoms with Gasteiger partial charge >= 0.3 is 12.1 Å². The van der Waals surface area contributed by atoms with E-state index in [-0.39, 0.29) is 6.54 Å². The summed E-state index contributed by atoms with van der Waals surface area (Å²) < 4.78 is 39.4. The highest BCUT2D eigenvalue weighted by atomic mass is 127. The standard InChI is InChI=1S/C6H9F3INO2/c7-6(8,9)5(12)11-3-1-2-4-13-10/h1-4H2,(H,11,12). The summed E-state index contributed by atoms with van der Waals surface area (Å²) in [5.41, 5.74) is 0. The van der Waals surface area contributed by atoms with E-state index in [1.807, 2.05) is 0 Å². The van der Waals surface area contributed by atoms with Gasteiger partial charge in [0, 0.05) is 6.54 Å². The van der Waals surface area contributed by atoms with Crippen LogP contribution in [0.2, 0.25) is 0 Å². The van der Waals surface area contributed by atoms with Gasteiger partial charge in [0.1, 0.15) is 23.0 Å². The van der Waals surface area contributed by atoms with Crippen molar-refractivity contribution in [1.29, 1.82) is 0 Å². The van der Waals surface area contributed by atoms with Crippen molar-refractivity contribution in [3.05, 3.63) is 0 Å². The van der Waals surface area contributed by atoms with Gasteiger partial charge in [-0.15, -0.1) is 0 Å². The van der Waals surface area contributed by atoms with E-state index in [1.165, 1.54) is 0 Å². The summed E-state index contributed by atoms with van der Waals surface area (Å²) in [6, 6.07) is 0. The van der Waals surface area contributed by atoms with Crippen molar-refractivity contribution in [2.75, 3.05) is 13.2 Å². The van der Waals surface area contributed by atoms with E-state index in [0.29, 0.717) is 19.4 Å². The molecule has 7 heteroatoms. The largest absolute Gasteiger partial charge is 0.471 e. The van der Waals surface area contributed by atoms with Gasteiger partial charge in [0.2, 0.25) is 0 Å². The fraction of sp³-hybridized carbons (Fsp3) is 0.833. The van der Waals surface area contributed by atoms with E-state index < -0.39 is 12.1 Å². The molecule has 0 spiro atoms. The van der Waals surface area contributed by atoms with Gasteiger partial charge in [0.25, 0.3) is 0 Å². The zero-order chi connectivity index (χ0) is 10.3. The molecule has 13 heavy (non-hydrogen) atoms. The molecule has 0 saturated heterocycles. The Balaban J connectivity index is 3.38. The lowest BCUT2D eigenvalue weighted by Crippen LogP contribution is -2.37. The van der Waals surface area contributed by atoms with E-state index >= 15 is 0 Å². The molecule has 78 valence electrons. The lowest BCUT2D eigenvalue weighted by Gasteiger charge is -2.06. The van der Waals surface area contributed by atoms with Crippen LogP contribution in [-0.4, -0.2) is 25.2 Å². The predicted octanol–water partition coefficient (Wildman–Crippen LogP) is 1.81. The first-order valence-electron chi connectivity index (χ1n) is 3.57. The van der Waals surface area contributed by atoms with E-state index in [0.717, 1.165) is 0 Å². The molecule has 0 fully saturated rings. The number of carbonyl (C=O) groups is 1. The first kappa shape index (κ1) is 12.9. The Labute approximate surface area is 87.7 Å². The van der Waals surface area contributed by atoms with Crippen molar-refractivity contribution in [3.8, 4) is 0 Å². The number of alkyl halides is 3. The molecule has 0 aromatic rings. The maximum atomic E-state index is 11.6. The minimum Gasteiger partial charge on any atom is -0.348 e. The topological polar surface area (TPSA) is 38.3 Å². The number of carbonyl (C=O) groups excluding carboxylic acids is 1. The average Bonchev–Trinajstić information content (AvgIpc) is 2.02. The number of nitrogens with one attached hydrogen (secondary N) is 1. The Kier molecular flexibility index (Phi) is 6.39. The summed E-state index contributed by atoms with van der Waals surface area (Å²) in [6.45, 7) is 0.501. The summed E-state index contributed by atoms with van der Waals surface area (Å²) in [5, 5.41) is 1.76. The maximum absolute atomic E-state index is 11.6. The van der Waals surface area contributed by atoms with Crippen LogP contribution in [0.5, 0.6) is 0 Å². The summed E-state index contributed by atoms with van der Waals surface area (Å²) in [6.07, 6.45) is -3.67. The lowest BCUT2D eigenvalue weighted by atomic mass is 10.3. The molecule has 0 unspecified atom stereocenters. The Hall–Kier alpha value is -0.0500. The van der Waals surface area contributed by atoms with Gasteiger partial charge < -0.3 is 8.38 Å². The molecule has 0 aliphatic heterocycles. The third kappa shape index (κ3) is 7.05. The molecule has 1 N–H and O–H groups in total. The van der Waals surface area contributed by atoms with Crippen LogP contribution in [0, 0.1) is 0 Å². The van der Waals surface area contributed by atoms with Gasteiger partial charge in [-0.05, 0) is 12.8 Å². The average molecular weight is 311 g/mol. The highest BCUT2D eigenvalue weighted by Crippen LogP contribution is 2.13. The van der Waals surface area contributed by atoms with Crippen LogP contribution in [0.3, 0.4) is 0 Å². The summed E-state index contributed by atoms with van der Waals surface area (Å²) >= 11 is 1.70. The molecule has 0 heterocycles. The molecule has 0 rings (SSSR count). The van der Waals surface area contributed by atoms with Crippen molar-refractivity contribution in [1.82, 2.24) is 5.32 Å². The quantitative estimate of drug-likeness (QED) is 0.621. The second kappa shape index (κ2) is 6.41. The first-order chi connectivity index (χ1) is 5.98. The van der Waals surface area contributed by atoms with Crippen LogP contribution in [-0.2, 0) is 7.86 Å². The molecule has 0 aliphatic rings. The SMILES string of the molecule is O=C(NCCCCOI)C(F)(F)F. The van der Waals surface area contributed by atoms with Crippen molar-refractivity contribution in [2.24, 2.45) is 0 Å². The highest BCUT2D eigenvalue weighted by molar-refractivity contribution is 14.1. The van der Waals surface area contributed by atoms with Crippen molar-refractivity contribution < 1.29 is 21.0 Å². The number of amides is 1. The number of hydrogen-bond acceptors (Lipinski definition) is 2. The zero-order valence-corrected chi connectivity index (χ0v) is 8.81. The van der Waals surface area contributed by atoms with E-state index in [1.54, 1.807) is 28.3 Å². The Morgan fingerprint density at radius 1 is 1.38 bits per heavy atom. The lowest BCUT2D eigenvalue weighted by molar-refractivity contribution is -0.173. The molecule has 0 aromatic carbocycles. The van der Waals surface area contributed by atoms with Gasteiger partial charge in [-0.2, -0.15) is 13.2 Å². The van der Waals surface area contributed by atoms with Crippen molar-refractivity contribution in [2.45, 2.75) is 19.0 Å². The molecule has 0 radical (unpaired) electrons. The second-order valence-corrected chi connectivity index (χ2v) is 2.90. The Morgan fingerprint density at radius 3 is 2.46 bits per heavy atom. The number of rotatable bonds is 5. The smallest absolute Gasteiger partial charge is 0.348 e. The molecular weight excluding hydrogens is 302 g/mol. The van der Waals surface area contributed by atoms with Gasteiger partial charge in [0.15, 0.2) is 0 Å². The minimum absolute atomic E-state index is 0.0261. The summed E-state index contributed by atoms with van der Waals surface area (Å²) in [4.78, 5) is 10.2. The molecule has 0 saturated carbocycles. The minimum atomic E-state index is -4.78. The molecule has 0 aliphatic carbocycles. The van der Waals surface area contributed by atoms with Crippen LogP contribution in [0.1, 0.15) is 12.8 Å². The maximum Gasteiger partial charge on any atom is 0.471 e. The van der Waals surface area contributed by atoms with Crippen molar-refractivity contribution >= 4 is 28.9 Å². The molecule has 1 amide bonds. The predicted molar refractivity (Wildman–Crippen MR) is 48.3 cm³/mol. The van der Waals surface area contributed by atoms with Crippen LogP contribution in [0.4, 0.5) is 13.2 Å². The zero-order valence-electron chi connectivity index (χ0n) is 6.66. The Bertz CT molecular complexity index is 162. The monoisotopic (exact) mass is 311 g/mol. The summed E-state index contributed by atoms with van der Waals surface area (Å²) in [5.74, 6) is -1.89. The molecule has 0 bridgehead atoms. The van der Waals surface area contributed by atoms with Crippen LogP contribution < -0.4 is 5.32 Å². The van der Waals surface area contributed by atoms with E-state index in [2.05, 4.69) is 3.07 Å². The number of unbranched alkanes of at least 4 members (excludes halogenated alkanes) is 1. The fourth-order valence-corrected chi connectivity index (χ4v) is 0.895. The van der Waals surface area contributed by atoms with Gasteiger partial charge in [-0.25, -0.2) is 0 Å². The van der Waals surface area contributed by atoms with Crippen LogP contribution in [0.15, 0.2) is 0 Å².